The SMILES string of the molecule is CN(C)C[C@@H]1COCCN1C[C@@H]1CC[C@H](c2ccc3c(N)ncnn23)O1. The third-order valence-corrected chi connectivity index (χ3v) is 5.31. The molecule has 2 aliphatic heterocycles. The Bertz CT molecular complexity index is 748. The number of ether oxygens (including phenoxy) is 2. The van der Waals surface area contributed by atoms with E-state index in [4.69, 9.17) is 15.2 Å². The van der Waals surface area contributed by atoms with Gasteiger partial charge in [0.25, 0.3) is 0 Å². The van der Waals surface area contributed by atoms with Crippen LogP contribution in [0.25, 0.3) is 5.52 Å². The summed E-state index contributed by atoms with van der Waals surface area (Å²) in [5.74, 6) is 0.501. The molecule has 142 valence electrons. The number of hydrogen-bond donors (Lipinski definition) is 1. The van der Waals surface area contributed by atoms with Crippen molar-refractivity contribution >= 4 is 11.3 Å². The minimum Gasteiger partial charge on any atom is -0.382 e. The van der Waals surface area contributed by atoms with E-state index in [-0.39, 0.29) is 12.2 Å². The second-order valence-electron chi connectivity index (χ2n) is 7.51. The van der Waals surface area contributed by atoms with Gasteiger partial charge in [-0.05, 0) is 39.1 Å². The van der Waals surface area contributed by atoms with Crippen molar-refractivity contribution in [2.45, 2.75) is 31.1 Å². The van der Waals surface area contributed by atoms with Crippen LogP contribution in [0, 0.1) is 0 Å². The van der Waals surface area contributed by atoms with E-state index >= 15 is 0 Å². The Balaban J connectivity index is 1.42. The lowest BCUT2D eigenvalue weighted by atomic mass is 10.1. The van der Waals surface area contributed by atoms with Gasteiger partial charge < -0.3 is 20.1 Å². The van der Waals surface area contributed by atoms with Crippen molar-refractivity contribution in [3.8, 4) is 0 Å². The number of nitrogens with zero attached hydrogens (tertiary/aromatic N) is 5. The van der Waals surface area contributed by atoms with E-state index in [0.717, 1.165) is 56.9 Å². The number of hydrogen-bond acceptors (Lipinski definition) is 7. The van der Waals surface area contributed by atoms with Gasteiger partial charge in [0.2, 0.25) is 0 Å². The molecule has 0 amide bonds. The molecule has 0 radical (unpaired) electrons. The number of morpholine rings is 1. The molecule has 4 heterocycles. The molecule has 4 rings (SSSR count). The lowest BCUT2D eigenvalue weighted by Gasteiger charge is -2.38. The highest BCUT2D eigenvalue weighted by Crippen LogP contribution is 2.34. The van der Waals surface area contributed by atoms with Crippen LogP contribution in [0.1, 0.15) is 24.6 Å². The molecule has 0 aromatic carbocycles. The summed E-state index contributed by atoms with van der Waals surface area (Å²) in [6.07, 6.45) is 3.86. The summed E-state index contributed by atoms with van der Waals surface area (Å²) >= 11 is 0. The van der Waals surface area contributed by atoms with Crippen LogP contribution >= 0.6 is 0 Å². The van der Waals surface area contributed by atoms with Crippen molar-refractivity contribution in [3.05, 3.63) is 24.2 Å². The largest absolute Gasteiger partial charge is 0.382 e. The Morgan fingerprint density at radius 3 is 3.04 bits per heavy atom. The molecular weight excluding hydrogens is 332 g/mol. The Morgan fingerprint density at radius 1 is 1.31 bits per heavy atom. The van der Waals surface area contributed by atoms with Gasteiger partial charge in [-0.1, -0.05) is 0 Å². The molecule has 2 aromatic heterocycles. The zero-order valence-electron chi connectivity index (χ0n) is 15.5. The van der Waals surface area contributed by atoms with Gasteiger partial charge in [0.15, 0.2) is 5.82 Å². The summed E-state index contributed by atoms with van der Waals surface area (Å²) in [6, 6.07) is 4.45. The Labute approximate surface area is 153 Å². The summed E-state index contributed by atoms with van der Waals surface area (Å²) in [4.78, 5) is 8.80. The quantitative estimate of drug-likeness (QED) is 0.844. The minimum absolute atomic E-state index is 0.0603. The molecule has 0 unspecified atom stereocenters. The molecule has 0 bridgehead atoms. The van der Waals surface area contributed by atoms with E-state index in [9.17, 15) is 0 Å². The molecule has 0 spiro atoms. The molecule has 3 atom stereocenters. The van der Waals surface area contributed by atoms with Crippen molar-refractivity contribution in [1.82, 2.24) is 24.4 Å². The number of rotatable bonds is 5. The van der Waals surface area contributed by atoms with Gasteiger partial charge in [0.05, 0.1) is 25.0 Å². The predicted octanol–water partition coefficient (Wildman–Crippen LogP) is 0.794. The average molecular weight is 360 g/mol. The van der Waals surface area contributed by atoms with Crippen molar-refractivity contribution in [2.75, 3.05) is 52.7 Å². The lowest BCUT2D eigenvalue weighted by molar-refractivity contribution is -0.0471. The first-order valence-electron chi connectivity index (χ1n) is 9.32. The number of nitrogen functional groups attached to an aromatic ring is 1. The van der Waals surface area contributed by atoms with Crippen molar-refractivity contribution < 1.29 is 9.47 Å². The van der Waals surface area contributed by atoms with Gasteiger partial charge in [-0.3, -0.25) is 4.90 Å². The van der Waals surface area contributed by atoms with Crippen molar-refractivity contribution in [1.29, 1.82) is 0 Å². The Morgan fingerprint density at radius 2 is 2.19 bits per heavy atom. The zero-order chi connectivity index (χ0) is 18.1. The third-order valence-electron chi connectivity index (χ3n) is 5.31. The zero-order valence-corrected chi connectivity index (χ0v) is 15.5. The first-order chi connectivity index (χ1) is 12.6. The van der Waals surface area contributed by atoms with Crippen LogP contribution in [0.4, 0.5) is 5.82 Å². The second kappa shape index (κ2) is 7.48. The molecule has 0 aliphatic carbocycles. The van der Waals surface area contributed by atoms with Crippen molar-refractivity contribution in [3.63, 3.8) is 0 Å². The highest BCUT2D eigenvalue weighted by molar-refractivity contribution is 5.65. The predicted molar refractivity (Wildman–Crippen MR) is 99.0 cm³/mol. The topological polar surface area (TPSA) is 81.2 Å². The summed E-state index contributed by atoms with van der Waals surface area (Å²) in [5, 5.41) is 4.35. The summed E-state index contributed by atoms with van der Waals surface area (Å²) in [5.41, 5.74) is 7.84. The van der Waals surface area contributed by atoms with Crippen LogP contribution < -0.4 is 5.73 Å². The van der Waals surface area contributed by atoms with Crippen LogP contribution in [0.2, 0.25) is 0 Å². The molecule has 2 fully saturated rings. The molecule has 2 aromatic rings. The third kappa shape index (κ3) is 3.55. The van der Waals surface area contributed by atoms with Crippen LogP contribution in [0.5, 0.6) is 0 Å². The van der Waals surface area contributed by atoms with E-state index in [1.165, 1.54) is 6.33 Å². The highest BCUT2D eigenvalue weighted by atomic mass is 16.5. The van der Waals surface area contributed by atoms with Gasteiger partial charge in [-0.25, -0.2) is 9.50 Å². The number of anilines is 1. The molecule has 26 heavy (non-hydrogen) atoms. The number of fused-ring (bicyclic) bond motifs is 1. The monoisotopic (exact) mass is 360 g/mol. The maximum atomic E-state index is 6.39. The van der Waals surface area contributed by atoms with E-state index in [0.29, 0.717) is 11.9 Å². The normalized spacial score (nSPS) is 27.6. The van der Waals surface area contributed by atoms with Gasteiger partial charge in [-0.2, -0.15) is 5.10 Å². The van der Waals surface area contributed by atoms with Gasteiger partial charge in [-0.15, -0.1) is 0 Å². The fraction of sp³-hybridized carbons (Fsp3) is 0.667. The first-order valence-corrected chi connectivity index (χ1v) is 9.32. The molecule has 2 aliphatic rings. The molecule has 0 saturated carbocycles. The molecule has 2 N–H and O–H groups in total. The van der Waals surface area contributed by atoms with E-state index < -0.39 is 0 Å². The average Bonchev–Trinajstić information content (AvgIpc) is 3.23. The molecular formula is C18H28N6O2. The summed E-state index contributed by atoms with van der Waals surface area (Å²) in [7, 11) is 4.22. The van der Waals surface area contributed by atoms with E-state index in [1.807, 2.05) is 10.6 Å². The van der Waals surface area contributed by atoms with E-state index in [1.54, 1.807) is 0 Å². The van der Waals surface area contributed by atoms with Crippen molar-refractivity contribution in [2.24, 2.45) is 0 Å². The first kappa shape index (κ1) is 17.7. The van der Waals surface area contributed by atoms with Crippen LogP contribution in [-0.2, 0) is 9.47 Å². The number of likely N-dealkylation sites (N-methyl/N-ethyl adjacent to an activating group) is 1. The molecule has 8 heteroatoms. The fourth-order valence-corrected chi connectivity index (χ4v) is 4.06. The van der Waals surface area contributed by atoms with Crippen LogP contribution in [-0.4, -0.2) is 83.5 Å². The number of aromatic nitrogens is 3. The maximum absolute atomic E-state index is 6.39. The lowest BCUT2D eigenvalue weighted by Crippen LogP contribution is -2.52. The summed E-state index contributed by atoms with van der Waals surface area (Å²) in [6.45, 7) is 4.54. The molecule has 2 saturated heterocycles. The second-order valence-corrected chi connectivity index (χ2v) is 7.51. The Kier molecular flexibility index (Phi) is 5.08. The highest BCUT2D eigenvalue weighted by Gasteiger charge is 2.33. The maximum Gasteiger partial charge on any atom is 0.151 e. The smallest absolute Gasteiger partial charge is 0.151 e. The van der Waals surface area contributed by atoms with Gasteiger partial charge in [0, 0.05) is 25.7 Å². The number of nitrogens with two attached hydrogens (primary N) is 1. The fourth-order valence-electron chi connectivity index (χ4n) is 4.06. The Hall–Kier alpha value is -1.74. The summed E-state index contributed by atoms with van der Waals surface area (Å²) < 4.78 is 13.9. The van der Waals surface area contributed by atoms with Crippen LogP contribution in [0.3, 0.4) is 0 Å². The minimum atomic E-state index is 0.0603. The van der Waals surface area contributed by atoms with Gasteiger partial charge >= 0.3 is 0 Å². The van der Waals surface area contributed by atoms with Crippen LogP contribution in [0.15, 0.2) is 18.5 Å². The standard InChI is InChI=1S/C18H28N6O2/c1-22(2)9-13-11-25-8-7-23(13)10-14-3-6-17(26-14)15-4-5-16-18(19)20-12-21-24(15)16/h4-5,12-14,17H,3,6-11H2,1-2H3,(H2,19,20,21)/t13-,14+,17-/m1/s1. The molecule has 8 nitrogen and oxygen atoms in total. The van der Waals surface area contributed by atoms with E-state index in [2.05, 4.69) is 40.0 Å². The van der Waals surface area contributed by atoms with Gasteiger partial charge in [0.1, 0.15) is 17.9 Å².